The second-order valence-electron chi connectivity index (χ2n) is 3.76. The highest BCUT2D eigenvalue weighted by atomic mass is 19.1. The molecule has 1 unspecified atom stereocenters. The van der Waals surface area contributed by atoms with E-state index in [1.54, 1.807) is 6.07 Å². The highest BCUT2D eigenvalue weighted by Gasteiger charge is 2.11. The maximum absolute atomic E-state index is 13.0. The van der Waals surface area contributed by atoms with Crippen molar-refractivity contribution in [3.05, 3.63) is 35.9 Å². The summed E-state index contributed by atoms with van der Waals surface area (Å²) < 4.78 is 17.8. The van der Waals surface area contributed by atoms with Crippen molar-refractivity contribution in [1.29, 1.82) is 0 Å². The van der Waals surface area contributed by atoms with Gasteiger partial charge in [-0.15, -0.1) is 0 Å². The van der Waals surface area contributed by atoms with Crippen LogP contribution in [0.1, 0.15) is 12.5 Å². The van der Waals surface area contributed by atoms with Gasteiger partial charge >= 0.3 is 0 Å². The predicted octanol–water partition coefficient (Wildman–Crippen LogP) is 2.82. The smallest absolute Gasteiger partial charge is 0.222 e. The number of halogens is 1. The molecule has 0 saturated carbocycles. The van der Waals surface area contributed by atoms with Gasteiger partial charge in [0.05, 0.1) is 0 Å². The molecule has 84 valence electrons. The van der Waals surface area contributed by atoms with Crippen LogP contribution in [0.4, 0.5) is 10.3 Å². The number of hydrogen-bond donors (Lipinski definition) is 1. The Labute approximate surface area is 93.1 Å². The molecule has 4 heteroatoms. The number of nitrogens with two attached hydrogens (primary N) is 1. The molecule has 0 fully saturated rings. The summed E-state index contributed by atoms with van der Waals surface area (Å²) in [6, 6.07) is 9.17. The average molecular weight is 220 g/mol. The second-order valence-corrected chi connectivity index (χ2v) is 3.76. The lowest BCUT2D eigenvalue weighted by Crippen LogP contribution is -2.00. The van der Waals surface area contributed by atoms with Crippen molar-refractivity contribution in [2.75, 3.05) is 5.73 Å². The van der Waals surface area contributed by atoms with Crippen LogP contribution in [0.25, 0.3) is 11.3 Å². The minimum atomic E-state index is -0.884. The minimum absolute atomic E-state index is 0.262. The average Bonchev–Trinajstić information content (AvgIpc) is 2.65. The quantitative estimate of drug-likeness (QED) is 0.865. The molecule has 2 aromatic rings. The number of benzene rings is 1. The van der Waals surface area contributed by atoms with Gasteiger partial charge in [-0.2, -0.15) is 0 Å². The first kappa shape index (κ1) is 10.7. The van der Waals surface area contributed by atoms with E-state index < -0.39 is 6.17 Å². The largest absolute Gasteiger partial charge is 0.368 e. The van der Waals surface area contributed by atoms with E-state index in [-0.39, 0.29) is 5.88 Å². The van der Waals surface area contributed by atoms with E-state index in [0.717, 1.165) is 11.1 Å². The van der Waals surface area contributed by atoms with Gasteiger partial charge in [0.25, 0.3) is 0 Å². The van der Waals surface area contributed by atoms with Crippen molar-refractivity contribution in [2.24, 2.45) is 0 Å². The fourth-order valence-electron chi connectivity index (χ4n) is 1.67. The Bertz CT molecular complexity index is 479. The zero-order chi connectivity index (χ0) is 11.5. The van der Waals surface area contributed by atoms with E-state index in [1.165, 1.54) is 6.92 Å². The molecule has 0 saturated heterocycles. The van der Waals surface area contributed by atoms with E-state index in [4.69, 9.17) is 10.3 Å². The predicted molar refractivity (Wildman–Crippen MR) is 60.6 cm³/mol. The lowest BCUT2D eigenvalue weighted by atomic mass is 10.0. The van der Waals surface area contributed by atoms with Gasteiger partial charge in [0.1, 0.15) is 11.9 Å². The SMILES string of the molecule is CC(F)Cc1ccccc1-c1cc(N)on1. The normalized spacial score (nSPS) is 12.6. The monoisotopic (exact) mass is 220 g/mol. The molecule has 1 aromatic carbocycles. The number of nitrogen functional groups attached to an aromatic ring is 1. The van der Waals surface area contributed by atoms with E-state index in [2.05, 4.69) is 5.16 Å². The third-order valence-corrected chi connectivity index (χ3v) is 2.32. The Balaban J connectivity index is 2.40. The van der Waals surface area contributed by atoms with Crippen LogP contribution in [0.3, 0.4) is 0 Å². The van der Waals surface area contributed by atoms with Crippen molar-refractivity contribution in [1.82, 2.24) is 5.16 Å². The fraction of sp³-hybridized carbons (Fsp3) is 0.250. The summed E-state index contributed by atoms with van der Waals surface area (Å²) >= 11 is 0. The summed E-state index contributed by atoms with van der Waals surface area (Å²) in [5, 5.41) is 3.83. The van der Waals surface area contributed by atoms with Crippen LogP contribution < -0.4 is 5.73 Å². The van der Waals surface area contributed by atoms with E-state index in [0.29, 0.717) is 12.1 Å². The third-order valence-electron chi connectivity index (χ3n) is 2.32. The molecule has 0 radical (unpaired) electrons. The molecule has 2 N–H and O–H groups in total. The van der Waals surface area contributed by atoms with Crippen molar-refractivity contribution in [3.63, 3.8) is 0 Å². The van der Waals surface area contributed by atoms with Gasteiger partial charge in [-0.25, -0.2) is 4.39 Å². The molecule has 3 nitrogen and oxygen atoms in total. The first-order valence-electron chi connectivity index (χ1n) is 5.11. The van der Waals surface area contributed by atoms with Crippen LogP contribution in [0.5, 0.6) is 0 Å². The topological polar surface area (TPSA) is 52.0 Å². The number of hydrogen-bond acceptors (Lipinski definition) is 3. The maximum Gasteiger partial charge on any atom is 0.222 e. The molecule has 0 bridgehead atoms. The summed E-state index contributed by atoms with van der Waals surface area (Å²) in [7, 11) is 0. The van der Waals surface area contributed by atoms with Crippen LogP contribution in [0, 0.1) is 0 Å². The van der Waals surface area contributed by atoms with Crippen molar-refractivity contribution < 1.29 is 8.91 Å². The molecular weight excluding hydrogens is 207 g/mol. The number of anilines is 1. The number of alkyl halides is 1. The van der Waals surface area contributed by atoms with Gasteiger partial charge in [0.2, 0.25) is 5.88 Å². The fourth-order valence-corrected chi connectivity index (χ4v) is 1.67. The Morgan fingerprint density at radius 1 is 1.44 bits per heavy atom. The van der Waals surface area contributed by atoms with Crippen LogP contribution >= 0.6 is 0 Å². The molecule has 1 heterocycles. The maximum atomic E-state index is 13.0. The molecule has 0 spiro atoms. The van der Waals surface area contributed by atoms with Crippen LogP contribution in [0.15, 0.2) is 34.9 Å². The Hall–Kier alpha value is -1.84. The molecule has 0 aliphatic carbocycles. The molecule has 16 heavy (non-hydrogen) atoms. The van der Waals surface area contributed by atoms with Crippen molar-refractivity contribution in [2.45, 2.75) is 19.5 Å². The third kappa shape index (κ3) is 2.21. The van der Waals surface area contributed by atoms with Crippen LogP contribution in [-0.2, 0) is 6.42 Å². The molecule has 2 rings (SSSR count). The van der Waals surface area contributed by atoms with E-state index in [9.17, 15) is 4.39 Å². The number of aromatic nitrogens is 1. The second kappa shape index (κ2) is 4.35. The standard InChI is InChI=1S/C12H13FN2O/c1-8(13)6-9-4-2-3-5-10(9)11-7-12(14)16-15-11/h2-5,7-8H,6,14H2,1H3. The highest BCUT2D eigenvalue weighted by Crippen LogP contribution is 2.25. The molecule has 0 aliphatic rings. The summed E-state index contributed by atoms with van der Waals surface area (Å²) in [5.41, 5.74) is 7.89. The first-order chi connectivity index (χ1) is 7.66. The lowest BCUT2D eigenvalue weighted by Gasteiger charge is -2.07. The van der Waals surface area contributed by atoms with Crippen LogP contribution in [0.2, 0.25) is 0 Å². The molecule has 0 amide bonds. The van der Waals surface area contributed by atoms with Gasteiger partial charge in [-0.3, -0.25) is 0 Å². The molecular formula is C12H13FN2O. The van der Waals surface area contributed by atoms with Gasteiger partial charge in [0, 0.05) is 18.1 Å². The lowest BCUT2D eigenvalue weighted by molar-refractivity contribution is 0.360. The van der Waals surface area contributed by atoms with E-state index >= 15 is 0 Å². The van der Waals surface area contributed by atoms with E-state index in [1.807, 2.05) is 24.3 Å². The summed E-state index contributed by atoms with van der Waals surface area (Å²) in [6.07, 6.45) is -0.520. The van der Waals surface area contributed by atoms with Crippen molar-refractivity contribution >= 4 is 5.88 Å². The minimum Gasteiger partial charge on any atom is -0.368 e. The molecule has 0 aliphatic heterocycles. The Morgan fingerprint density at radius 3 is 2.81 bits per heavy atom. The number of rotatable bonds is 3. The Kier molecular flexibility index (Phi) is 2.90. The zero-order valence-corrected chi connectivity index (χ0v) is 8.98. The van der Waals surface area contributed by atoms with Crippen molar-refractivity contribution in [3.8, 4) is 11.3 Å². The summed E-state index contributed by atoms with van der Waals surface area (Å²) in [5.74, 6) is 0.262. The Morgan fingerprint density at radius 2 is 2.19 bits per heavy atom. The van der Waals surface area contributed by atoms with Crippen LogP contribution in [-0.4, -0.2) is 11.3 Å². The zero-order valence-electron chi connectivity index (χ0n) is 8.98. The highest BCUT2D eigenvalue weighted by molar-refractivity contribution is 5.65. The number of nitrogens with zero attached hydrogens (tertiary/aromatic N) is 1. The summed E-state index contributed by atoms with van der Waals surface area (Å²) in [6.45, 7) is 1.54. The van der Waals surface area contributed by atoms with Gasteiger partial charge in [-0.1, -0.05) is 29.4 Å². The van der Waals surface area contributed by atoms with Gasteiger partial charge < -0.3 is 10.3 Å². The van der Waals surface area contributed by atoms with Gasteiger partial charge in [-0.05, 0) is 12.5 Å². The summed E-state index contributed by atoms with van der Waals surface area (Å²) in [4.78, 5) is 0. The first-order valence-corrected chi connectivity index (χ1v) is 5.11. The van der Waals surface area contributed by atoms with Gasteiger partial charge in [0.15, 0.2) is 0 Å². The molecule has 1 atom stereocenters. The molecule has 1 aromatic heterocycles.